The van der Waals surface area contributed by atoms with Crippen molar-refractivity contribution in [2.45, 2.75) is 57.9 Å². The SMILES string of the molecule is Cc1cc(OCCCC2CCN(c3noc(C(C)(F)F)n3)CC2)ccc1C(=O)NC(C)(CO)CO. The van der Waals surface area contributed by atoms with Crippen LogP contribution in [0.5, 0.6) is 5.75 Å². The van der Waals surface area contributed by atoms with Crippen LogP contribution in [0.2, 0.25) is 0 Å². The van der Waals surface area contributed by atoms with Gasteiger partial charge in [0.15, 0.2) is 0 Å². The molecule has 1 amide bonds. The summed E-state index contributed by atoms with van der Waals surface area (Å²) in [4.78, 5) is 18.2. The van der Waals surface area contributed by atoms with Crippen LogP contribution in [0.15, 0.2) is 22.7 Å². The number of piperidine rings is 1. The Morgan fingerprint density at radius 1 is 1.26 bits per heavy atom. The molecule has 11 heteroatoms. The number of aryl methyl sites for hydroxylation is 1. The summed E-state index contributed by atoms with van der Waals surface area (Å²) in [6.07, 6.45) is 3.68. The number of carbonyl (C=O) groups excluding carboxylic acids is 1. The van der Waals surface area contributed by atoms with Crippen molar-refractivity contribution in [3.63, 3.8) is 0 Å². The number of ether oxygens (including phenoxy) is 1. The molecule has 3 rings (SSSR count). The predicted molar refractivity (Wildman–Crippen MR) is 125 cm³/mol. The Balaban J connectivity index is 1.40. The van der Waals surface area contributed by atoms with Crippen LogP contribution < -0.4 is 15.0 Å². The summed E-state index contributed by atoms with van der Waals surface area (Å²) < 4.78 is 37.1. The van der Waals surface area contributed by atoms with Crippen molar-refractivity contribution in [3.8, 4) is 5.75 Å². The molecule has 0 aliphatic carbocycles. The summed E-state index contributed by atoms with van der Waals surface area (Å²) in [6.45, 7) is 5.28. The number of nitrogens with zero attached hydrogens (tertiary/aromatic N) is 3. The normalized spacial score (nSPS) is 15.3. The molecular weight excluding hydrogens is 462 g/mol. The number of aliphatic hydroxyl groups excluding tert-OH is 2. The van der Waals surface area contributed by atoms with Gasteiger partial charge >= 0.3 is 5.92 Å². The quantitative estimate of drug-likeness (QED) is 0.406. The van der Waals surface area contributed by atoms with Gasteiger partial charge in [-0.3, -0.25) is 4.79 Å². The third-order valence-corrected chi connectivity index (χ3v) is 6.27. The van der Waals surface area contributed by atoms with E-state index in [1.54, 1.807) is 32.0 Å². The van der Waals surface area contributed by atoms with Gasteiger partial charge in [0.05, 0.1) is 25.4 Å². The fourth-order valence-electron chi connectivity index (χ4n) is 3.96. The number of benzene rings is 1. The summed E-state index contributed by atoms with van der Waals surface area (Å²) in [5, 5.41) is 25.1. The van der Waals surface area contributed by atoms with Gasteiger partial charge < -0.3 is 29.7 Å². The van der Waals surface area contributed by atoms with Gasteiger partial charge in [-0.05, 0) is 74.4 Å². The Morgan fingerprint density at radius 3 is 2.51 bits per heavy atom. The number of halogens is 2. The standard InChI is InChI=1S/C24H34F2N4O5/c1-16-13-18(6-7-19(16)20(33)28-23(2,14-31)15-32)34-12-4-5-17-8-10-30(11-9-17)22-27-21(35-29-22)24(3,25)26/h6-7,13,17,31-32H,4-5,8-12,14-15H2,1-3H3,(H,28,33). The molecule has 194 valence electrons. The summed E-state index contributed by atoms with van der Waals surface area (Å²) in [7, 11) is 0. The number of nitrogens with one attached hydrogen (secondary N) is 1. The molecule has 0 atom stereocenters. The van der Waals surface area contributed by atoms with Gasteiger partial charge in [-0.25, -0.2) is 0 Å². The van der Waals surface area contributed by atoms with Crippen LogP contribution in [0.3, 0.4) is 0 Å². The fourth-order valence-corrected chi connectivity index (χ4v) is 3.96. The second-order valence-electron chi connectivity index (χ2n) is 9.52. The van der Waals surface area contributed by atoms with E-state index in [4.69, 9.17) is 4.74 Å². The van der Waals surface area contributed by atoms with E-state index in [2.05, 4.69) is 20.0 Å². The molecule has 0 saturated carbocycles. The Labute approximate surface area is 203 Å². The minimum Gasteiger partial charge on any atom is -0.494 e. The van der Waals surface area contributed by atoms with Crippen molar-refractivity contribution < 1.29 is 33.0 Å². The molecular formula is C24H34F2N4O5. The van der Waals surface area contributed by atoms with Gasteiger partial charge in [-0.15, -0.1) is 0 Å². The van der Waals surface area contributed by atoms with Crippen molar-refractivity contribution in [3.05, 3.63) is 35.2 Å². The molecule has 0 radical (unpaired) electrons. The summed E-state index contributed by atoms with van der Waals surface area (Å²) in [6, 6.07) is 5.19. The van der Waals surface area contributed by atoms with Gasteiger partial charge in [-0.2, -0.15) is 13.8 Å². The number of aromatic nitrogens is 2. The van der Waals surface area contributed by atoms with Gasteiger partial charge in [0, 0.05) is 25.6 Å². The van der Waals surface area contributed by atoms with E-state index in [0.29, 0.717) is 36.9 Å². The average Bonchev–Trinajstić information content (AvgIpc) is 3.33. The number of hydrogen-bond donors (Lipinski definition) is 3. The van der Waals surface area contributed by atoms with E-state index in [9.17, 15) is 23.8 Å². The first-order chi connectivity index (χ1) is 16.5. The smallest absolute Gasteiger partial charge is 0.322 e. The summed E-state index contributed by atoms with van der Waals surface area (Å²) in [5.74, 6) is -2.78. The van der Waals surface area contributed by atoms with Crippen LogP contribution >= 0.6 is 0 Å². The highest BCUT2D eigenvalue weighted by Gasteiger charge is 2.33. The van der Waals surface area contributed by atoms with Crippen molar-refractivity contribution >= 4 is 11.9 Å². The lowest BCUT2D eigenvalue weighted by atomic mass is 9.92. The Bertz CT molecular complexity index is 983. The second kappa shape index (κ2) is 11.3. The molecule has 1 aliphatic rings. The first-order valence-electron chi connectivity index (χ1n) is 11.8. The second-order valence-corrected chi connectivity index (χ2v) is 9.52. The van der Waals surface area contributed by atoms with Gasteiger partial charge in [0.2, 0.25) is 0 Å². The largest absolute Gasteiger partial charge is 0.494 e. The molecule has 0 unspecified atom stereocenters. The number of carbonyl (C=O) groups is 1. The van der Waals surface area contributed by atoms with Gasteiger partial charge in [-0.1, -0.05) is 0 Å². The van der Waals surface area contributed by atoms with E-state index < -0.39 is 17.4 Å². The lowest BCUT2D eigenvalue weighted by molar-refractivity contribution is -0.0158. The average molecular weight is 497 g/mol. The minimum absolute atomic E-state index is 0.216. The number of alkyl halides is 2. The molecule has 0 spiro atoms. The summed E-state index contributed by atoms with van der Waals surface area (Å²) >= 11 is 0. The maximum absolute atomic E-state index is 13.3. The highest BCUT2D eigenvalue weighted by atomic mass is 19.3. The van der Waals surface area contributed by atoms with Gasteiger partial charge in [0.1, 0.15) is 5.75 Å². The minimum atomic E-state index is -3.14. The van der Waals surface area contributed by atoms with E-state index in [-0.39, 0.29) is 25.1 Å². The van der Waals surface area contributed by atoms with Crippen molar-refractivity contribution in [2.24, 2.45) is 5.92 Å². The molecule has 3 N–H and O–H groups in total. The molecule has 0 bridgehead atoms. The molecule has 35 heavy (non-hydrogen) atoms. The number of hydrogen-bond acceptors (Lipinski definition) is 8. The van der Waals surface area contributed by atoms with Crippen LogP contribution in [-0.2, 0) is 5.92 Å². The first kappa shape index (κ1) is 26.8. The van der Waals surface area contributed by atoms with Crippen molar-refractivity contribution in [1.82, 2.24) is 15.5 Å². The fraction of sp³-hybridized carbons (Fsp3) is 0.625. The molecule has 1 fully saturated rings. The lowest BCUT2D eigenvalue weighted by Gasteiger charge is -2.30. The third-order valence-electron chi connectivity index (χ3n) is 6.27. The highest BCUT2D eigenvalue weighted by molar-refractivity contribution is 5.96. The van der Waals surface area contributed by atoms with Crippen molar-refractivity contribution in [2.75, 3.05) is 37.8 Å². The molecule has 2 heterocycles. The maximum Gasteiger partial charge on any atom is 0.322 e. The first-order valence-corrected chi connectivity index (χ1v) is 11.8. The number of aliphatic hydroxyl groups is 2. The Kier molecular flexibility index (Phi) is 8.65. The highest BCUT2D eigenvalue weighted by Crippen LogP contribution is 2.29. The van der Waals surface area contributed by atoms with E-state index in [1.807, 2.05) is 4.90 Å². The van der Waals surface area contributed by atoms with Crippen LogP contribution in [0.1, 0.15) is 61.3 Å². The van der Waals surface area contributed by atoms with Crippen LogP contribution in [0.25, 0.3) is 0 Å². The monoisotopic (exact) mass is 496 g/mol. The summed E-state index contributed by atoms with van der Waals surface area (Å²) in [5.41, 5.74) is 0.0951. The number of amides is 1. The number of anilines is 1. The van der Waals surface area contributed by atoms with Crippen LogP contribution in [-0.4, -0.2) is 64.7 Å². The third kappa shape index (κ3) is 7.11. The zero-order chi connectivity index (χ0) is 25.6. The van der Waals surface area contributed by atoms with Crippen LogP contribution in [0, 0.1) is 12.8 Å². The Morgan fingerprint density at radius 2 is 1.94 bits per heavy atom. The zero-order valence-corrected chi connectivity index (χ0v) is 20.4. The molecule has 1 saturated heterocycles. The van der Waals surface area contributed by atoms with E-state index in [0.717, 1.165) is 38.2 Å². The Hall–Kier alpha value is -2.79. The maximum atomic E-state index is 13.3. The lowest BCUT2D eigenvalue weighted by Crippen LogP contribution is -2.51. The molecule has 1 aliphatic heterocycles. The zero-order valence-electron chi connectivity index (χ0n) is 20.4. The predicted octanol–water partition coefficient (Wildman–Crippen LogP) is 3.04. The molecule has 1 aromatic heterocycles. The molecule has 9 nitrogen and oxygen atoms in total. The topological polar surface area (TPSA) is 121 Å². The van der Waals surface area contributed by atoms with Crippen molar-refractivity contribution in [1.29, 1.82) is 0 Å². The van der Waals surface area contributed by atoms with Crippen LogP contribution in [0.4, 0.5) is 14.7 Å². The number of rotatable bonds is 11. The van der Waals surface area contributed by atoms with E-state index in [1.165, 1.54) is 0 Å². The van der Waals surface area contributed by atoms with Gasteiger partial charge in [0.25, 0.3) is 17.7 Å². The van der Waals surface area contributed by atoms with E-state index >= 15 is 0 Å². The molecule has 1 aromatic carbocycles. The molecule has 2 aromatic rings.